The third kappa shape index (κ3) is 4.74. The van der Waals surface area contributed by atoms with E-state index in [0.717, 1.165) is 16.9 Å². The highest BCUT2D eigenvalue weighted by Gasteiger charge is 2.13. The number of halogens is 2. The van der Waals surface area contributed by atoms with Gasteiger partial charge in [0, 0.05) is 30.1 Å². The fraction of sp³-hybridized carbons (Fsp3) is 0.222. The predicted octanol–water partition coefficient (Wildman–Crippen LogP) is 4.26. The van der Waals surface area contributed by atoms with Crippen LogP contribution in [0.2, 0.25) is 10.0 Å². The highest BCUT2D eigenvalue weighted by atomic mass is 35.5. The van der Waals surface area contributed by atoms with Crippen molar-refractivity contribution in [1.29, 1.82) is 0 Å². The van der Waals surface area contributed by atoms with E-state index in [1.54, 1.807) is 12.3 Å². The molecular formula is C18H16Cl2N4O2S. The zero-order valence-electron chi connectivity index (χ0n) is 14.4. The van der Waals surface area contributed by atoms with Crippen LogP contribution in [0.25, 0.3) is 0 Å². The molecule has 0 saturated carbocycles. The second kappa shape index (κ2) is 8.65. The summed E-state index contributed by atoms with van der Waals surface area (Å²) in [6.07, 6.45) is 3.00. The second-order valence-corrected chi connectivity index (χ2v) is 7.66. The van der Waals surface area contributed by atoms with Gasteiger partial charge in [-0.25, -0.2) is 9.67 Å². The predicted molar refractivity (Wildman–Crippen MR) is 108 cm³/mol. The van der Waals surface area contributed by atoms with Crippen LogP contribution in [0.5, 0.6) is 0 Å². The Bertz CT molecular complexity index is 1030. The van der Waals surface area contributed by atoms with Gasteiger partial charge in [-0.1, -0.05) is 42.3 Å². The number of amides is 1. The van der Waals surface area contributed by atoms with Gasteiger partial charge in [-0.2, -0.15) is 5.10 Å². The number of nitrogens with zero attached hydrogens (tertiary/aromatic N) is 3. The molecule has 0 aliphatic heterocycles. The lowest BCUT2D eigenvalue weighted by atomic mass is 10.1. The maximum Gasteiger partial charge on any atom is 0.277 e. The van der Waals surface area contributed by atoms with Gasteiger partial charge in [-0.3, -0.25) is 14.9 Å². The number of aromatic nitrogens is 3. The largest absolute Gasteiger partial charge is 0.296 e. The maximum absolute atomic E-state index is 12.4. The molecule has 140 valence electrons. The molecule has 0 spiro atoms. The van der Waals surface area contributed by atoms with Crippen LogP contribution >= 0.6 is 34.5 Å². The van der Waals surface area contributed by atoms with Gasteiger partial charge in [0.1, 0.15) is 5.69 Å². The Morgan fingerprint density at radius 2 is 2.07 bits per heavy atom. The number of anilines is 1. The van der Waals surface area contributed by atoms with E-state index in [0.29, 0.717) is 28.1 Å². The van der Waals surface area contributed by atoms with Crippen LogP contribution in [0.3, 0.4) is 0 Å². The van der Waals surface area contributed by atoms with E-state index in [-0.39, 0.29) is 11.3 Å². The zero-order valence-corrected chi connectivity index (χ0v) is 16.7. The number of hydrogen-bond acceptors (Lipinski definition) is 5. The van der Waals surface area contributed by atoms with Crippen LogP contribution < -0.4 is 10.9 Å². The van der Waals surface area contributed by atoms with Crippen molar-refractivity contribution < 1.29 is 4.79 Å². The van der Waals surface area contributed by atoms with Crippen molar-refractivity contribution in [2.24, 2.45) is 0 Å². The molecule has 1 amide bonds. The molecule has 0 unspecified atom stereocenters. The molecule has 2 heterocycles. The van der Waals surface area contributed by atoms with Gasteiger partial charge < -0.3 is 0 Å². The van der Waals surface area contributed by atoms with Gasteiger partial charge >= 0.3 is 0 Å². The minimum Gasteiger partial charge on any atom is -0.296 e. The average Bonchev–Trinajstić information content (AvgIpc) is 3.08. The molecule has 0 bridgehead atoms. The van der Waals surface area contributed by atoms with Crippen LogP contribution in [0, 0.1) is 0 Å². The normalized spacial score (nSPS) is 10.8. The molecule has 9 heteroatoms. The highest BCUT2D eigenvalue weighted by Crippen LogP contribution is 2.29. The van der Waals surface area contributed by atoms with Gasteiger partial charge in [0.15, 0.2) is 5.13 Å². The first-order chi connectivity index (χ1) is 13.0. The van der Waals surface area contributed by atoms with E-state index in [2.05, 4.69) is 15.4 Å². The van der Waals surface area contributed by atoms with E-state index in [9.17, 15) is 9.59 Å². The molecule has 2 aromatic heterocycles. The molecule has 27 heavy (non-hydrogen) atoms. The van der Waals surface area contributed by atoms with Gasteiger partial charge in [0.2, 0.25) is 0 Å². The molecule has 1 N–H and O–H groups in total. The summed E-state index contributed by atoms with van der Waals surface area (Å²) < 4.78 is 1.28. The smallest absolute Gasteiger partial charge is 0.277 e. The average molecular weight is 423 g/mol. The quantitative estimate of drug-likeness (QED) is 0.643. The molecule has 3 aromatic rings. The lowest BCUT2D eigenvalue weighted by molar-refractivity contribution is 0.101. The van der Waals surface area contributed by atoms with E-state index in [1.165, 1.54) is 28.2 Å². The highest BCUT2D eigenvalue weighted by molar-refractivity contribution is 7.15. The number of carbonyl (C=O) groups excluding carboxylic acids is 1. The minimum absolute atomic E-state index is 0.165. The molecular weight excluding hydrogens is 407 g/mol. The third-order valence-corrected chi connectivity index (χ3v) is 5.48. The fourth-order valence-electron chi connectivity index (χ4n) is 2.42. The van der Waals surface area contributed by atoms with Gasteiger partial charge in [0.05, 0.1) is 10.0 Å². The summed E-state index contributed by atoms with van der Waals surface area (Å²) in [6.45, 7) is 2.39. The molecule has 0 saturated heterocycles. The number of aryl methyl sites for hydroxylation is 1. The fourth-order valence-corrected chi connectivity index (χ4v) is 3.64. The first-order valence-electron chi connectivity index (χ1n) is 8.25. The topological polar surface area (TPSA) is 76.9 Å². The number of hydrogen-bond donors (Lipinski definition) is 1. The van der Waals surface area contributed by atoms with Crippen molar-refractivity contribution in [3.63, 3.8) is 0 Å². The van der Waals surface area contributed by atoms with Crippen LogP contribution in [0.1, 0.15) is 34.3 Å². The van der Waals surface area contributed by atoms with Crippen molar-refractivity contribution in [2.45, 2.75) is 26.3 Å². The van der Waals surface area contributed by atoms with Crippen molar-refractivity contribution in [3.8, 4) is 0 Å². The van der Waals surface area contributed by atoms with E-state index in [1.807, 2.05) is 19.1 Å². The van der Waals surface area contributed by atoms with Gasteiger partial charge in [-0.05, 0) is 24.1 Å². The number of rotatable bonds is 6. The number of benzene rings is 1. The molecule has 0 fully saturated rings. The Morgan fingerprint density at radius 3 is 2.85 bits per heavy atom. The third-order valence-electron chi connectivity index (χ3n) is 3.70. The molecule has 3 rings (SSSR count). The van der Waals surface area contributed by atoms with Crippen LogP contribution in [0.4, 0.5) is 5.13 Å². The minimum atomic E-state index is -0.415. The van der Waals surface area contributed by atoms with E-state index in [4.69, 9.17) is 23.2 Å². The summed E-state index contributed by atoms with van der Waals surface area (Å²) in [5, 5.41) is 8.26. The Labute approximate surface area is 169 Å². The van der Waals surface area contributed by atoms with E-state index < -0.39 is 5.91 Å². The van der Waals surface area contributed by atoms with E-state index >= 15 is 0 Å². The molecule has 0 aliphatic rings. The van der Waals surface area contributed by atoms with Crippen molar-refractivity contribution >= 4 is 45.6 Å². The van der Waals surface area contributed by atoms with Gasteiger partial charge in [-0.15, -0.1) is 11.3 Å². The SMILES string of the molecule is CCCn1nc(C(=O)Nc2ncc(Cc3cccc(Cl)c3Cl)s2)ccc1=O. The summed E-state index contributed by atoms with van der Waals surface area (Å²) in [7, 11) is 0. The first-order valence-corrected chi connectivity index (χ1v) is 9.82. The van der Waals surface area contributed by atoms with Crippen LogP contribution in [0.15, 0.2) is 41.3 Å². The molecule has 1 aromatic carbocycles. The Kier molecular flexibility index (Phi) is 6.26. The second-order valence-electron chi connectivity index (χ2n) is 5.76. The summed E-state index contributed by atoms with van der Waals surface area (Å²) in [6, 6.07) is 8.21. The monoisotopic (exact) mass is 422 g/mol. The van der Waals surface area contributed by atoms with Crippen molar-refractivity contribution in [2.75, 3.05) is 5.32 Å². The standard InChI is InChI=1S/C18H16Cl2N4O2S/c1-2-8-24-15(25)7-6-14(23-24)17(26)22-18-21-10-12(27-18)9-11-4-3-5-13(19)16(11)20/h3-7,10H,2,8-9H2,1H3,(H,21,22,26). The van der Waals surface area contributed by atoms with Gasteiger partial charge in [0.25, 0.3) is 11.5 Å². The lowest BCUT2D eigenvalue weighted by Crippen LogP contribution is -2.26. The maximum atomic E-state index is 12.4. The Hall–Kier alpha value is -2.22. The molecule has 0 atom stereocenters. The van der Waals surface area contributed by atoms with Crippen molar-refractivity contribution in [1.82, 2.24) is 14.8 Å². The Morgan fingerprint density at radius 1 is 1.26 bits per heavy atom. The van der Waals surface area contributed by atoms with Crippen molar-refractivity contribution in [3.05, 3.63) is 73.1 Å². The van der Waals surface area contributed by atoms with Crippen LogP contribution in [-0.4, -0.2) is 20.7 Å². The molecule has 0 aliphatic carbocycles. The lowest BCUT2D eigenvalue weighted by Gasteiger charge is -2.05. The number of nitrogens with one attached hydrogen (secondary N) is 1. The molecule has 6 nitrogen and oxygen atoms in total. The Balaban J connectivity index is 1.72. The zero-order chi connectivity index (χ0) is 19.4. The molecule has 0 radical (unpaired) electrons. The first kappa shape index (κ1) is 19.5. The summed E-state index contributed by atoms with van der Waals surface area (Å²) in [5.41, 5.74) is 0.819. The summed E-state index contributed by atoms with van der Waals surface area (Å²) >= 11 is 13.6. The number of thiazole rings is 1. The summed E-state index contributed by atoms with van der Waals surface area (Å²) in [5.74, 6) is -0.415. The van der Waals surface area contributed by atoms with Crippen LogP contribution in [-0.2, 0) is 13.0 Å². The summed E-state index contributed by atoms with van der Waals surface area (Å²) in [4.78, 5) is 29.2. The number of carbonyl (C=O) groups is 1.